The smallest absolute Gasteiger partial charge is 0.251 e. The summed E-state index contributed by atoms with van der Waals surface area (Å²) < 4.78 is 2.34. The summed E-state index contributed by atoms with van der Waals surface area (Å²) >= 11 is 0. The maximum absolute atomic E-state index is 12.3. The molecule has 0 aliphatic heterocycles. The molecule has 1 atom stereocenters. The van der Waals surface area contributed by atoms with Crippen LogP contribution in [0.1, 0.15) is 52.3 Å². The normalized spacial score (nSPS) is 15.8. The zero-order valence-electron chi connectivity index (χ0n) is 15.2. The van der Waals surface area contributed by atoms with Crippen molar-refractivity contribution in [1.82, 2.24) is 9.55 Å². The molecule has 1 unspecified atom stereocenters. The lowest BCUT2D eigenvalue weighted by molar-refractivity contribution is 0.1000. The quantitative estimate of drug-likeness (QED) is 0.775. The summed E-state index contributed by atoms with van der Waals surface area (Å²) in [6.07, 6.45) is 6.50. The topological polar surface area (TPSA) is 60.9 Å². The molecule has 4 heteroatoms. The van der Waals surface area contributed by atoms with Gasteiger partial charge in [-0.3, -0.25) is 9.78 Å². The first-order chi connectivity index (χ1) is 12.6. The molecule has 1 aliphatic carbocycles. The molecule has 0 saturated carbocycles. The molecule has 4 nitrogen and oxygen atoms in total. The molecule has 3 aromatic rings. The second kappa shape index (κ2) is 6.45. The summed E-state index contributed by atoms with van der Waals surface area (Å²) in [4.78, 5) is 16.6. The van der Waals surface area contributed by atoms with Crippen LogP contribution in [-0.4, -0.2) is 15.5 Å². The number of carbonyl (C=O) groups excluding carboxylic acids is 1. The van der Waals surface area contributed by atoms with E-state index in [1.54, 1.807) is 6.20 Å². The van der Waals surface area contributed by atoms with Crippen LogP contribution >= 0.6 is 0 Å². The molecular weight excluding hydrogens is 322 g/mol. The van der Waals surface area contributed by atoms with Crippen molar-refractivity contribution in [1.29, 1.82) is 0 Å². The van der Waals surface area contributed by atoms with Crippen LogP contribution in [0, 0.1) is 6.92 Å². The Hall–Kier alpha value is -2.88. The van der Waals surface area contributed by atoms with E-state index in [9.17, 15) is 4.79 Å². The third-order valence-corrected chi connectivity index (χ3v) is 5.50. The zero-order valence-corrected chi connectivity index (χ0v) is 15.2. The van der Waals surface area contributed by atoms with Gasteiger partial charge >= 0.3 is 0 Å². The number of primary amides is 1. The Morgan fingerprint density at radius 2 is 2.08 bits per heavy atom. The van der Waals surface area contributed by atoms with Gasteiger partial charge < -0.3 is 10.3 Å². The van der Waals surface area contributed by atoms with Crippen LogP contribution in [0.25, 0.3) is 11.1 Å². The van der Waals surface area contributed by atoms with Crippen LogP contribution in [0.4, 0.5) is 0 Å². The Balaban J connectivity index is 1.99. The number of nitrogens with two attached hydrogens (primary N) is 1. The summed E-state index contributed by atoms with van der Waals surface area (Å²) in [7, 11) is 0. The van der Waals surface area contributed by atoms with Crippen LogP contribution in [0.5, 0.6) is 0 Å². The second-order valence-corrected chi connectivity index (χ2v) is 6.86. The Bertz CT molecular complexity index is 973. The Kier molecular flexibility index (Phi) is 4.11. The first kappa shape index (κ1) is 16.6. The molecule has 0 radical (unpaired) electrons. The average molecular weight is 345 g/mol. The Morgan fingerprint density at radius 3 is 2.77 bits per heavy atom. The number of carbonyl (C=O) groups is 1. The van der Waals surface area contributed by atoms with Crippen LogP contribution in [0.2, 0.25) is 0 Å². The highest BCUT2D eigenvalue weighted by Crippen LogP contribution is 2.41. The Morgan fingerprint density at radius 1 is 1.27 bits per heavy atom. The van der Waals surface area contributed by atoms with Gasteiger partial charge in [0.1, 0.15) is 0 Å². The number of benzene rings is 1. The lowest BCUT2D eigenvalue weighted by atomic mass is 10.0. The Labute approximate surface area is 153 Å². The van der Waals surface area contributed by atoms with E-state index in [2.05, 4.69) is 40.7 Å². The second-order valence-electron chi connectivity index (χ2n) is 6.86. The number of aryl methyl sites for hydroxylation is 1. The molecule has 2 aromatic heterocycles. The molecule has 132 valence electrons. The van der Waals surface area contributed by atoms with E-state index in [1.807, 2.05) is 25.3 Å². The van der Waals surface area contributed by atoms with Crippen molar-refractivity contribution in [2.45, 2.75) is 39.2 Å². The maximum Gasteiger partial charge on any atom is 0.251 e. The van der Waals surface area contributed by atoms with Gasteiger partial charge in [0.05, 0.1) is 11.6 Å². The maximum atomic E-state index is 12.3. The molecular formula is C22H23N3O. The third-order valence-electron chi connectivity index (χ3n) is 5.50. The van der Waals surface area contributed by atoms with Crippen molar-refractivity contribution < 1.29 is 4.79 Å². The van der Waals surface area contributed by atoms with Crippen LogP contribution in [-0.2, 0) is 12.8 Å². The van der Waals surface area contributed by atoms with Gasteiger partial charge in [0.25, 0.3) is 5.91 Å². The van der Waals surface area contributed by atoms with Crippen molar-refractivity contribution in [3.63, 3.8) is 0 Å². The van der Waals surface area contributed by atoms with E-state index in [1.165, 1.54) is 11.1 Å². The van der Waals surface area contributed by atoms with E-state index in [0.717, 1.165) is 41.8 Å². The number of nitrogens with zero attached hydrogens (tertiary/aromatic N) is 2. The molecule has 0 saturated heterocycles. The van der Waals surface area contributed by atoms with Gasteiger partial charge in [-0.15, -0.1) is 0 Å². The zero-order chi connectivity index (χ0) is 18.3. The highest BCUT2D eigenvalue weighted by molar-refractivity contribution is 6.02. The molecule has 2 heterocycles. The van der Waals surface area contributed by atoms with Gasteiger partial charge in [-0.1, -0.05) is 37.3 Å². The molecule has 0 spiro atoms. The van der Waals surface area contributed by atoms with Gasteiger partial charge in [0.2, 0.25) is 0 Å². The summed E-state index contributed by atoms with van der Waals surface area (Å²) in [6, 6.07) is 12.8. The van der Waals surface area contributed by atoms with Gasteiger partial charge in [-0.25, -0.2) is 0 Å². The largest absolute Gasteiger partial charge is 0.366 e. The molecule has 4 rings (SSSR count). The van der Waals surface area contributed by atoms with Gasteiger partial charge in [-0.2, -0.15) is 0 Å². The number of fused-ring (bicyclic) bond motifs is 1. The lowest BCUT2D eigenvalue weighted by Crippen LogP contribution is -2.15. The van der Waals surface area contributed by atoms with Crippen molar-refractivity contribution in [2.24, 2.45) is 5.73 Å². The minimum absolute atomic E-state index is 0.254. The third kappa shape index (κ3) is 2.45. The molecule has 0 fully saturated rings. The molecule has 1 aromatic carbocycles. The molecule has 0 bridgehead atoms. The van der Waals surface area contributed by atoms with Crippen molar-refractivity contribution in [3.8, 4) is 11.1 Å². The first-order valence-electron chi connectivity index (χ1n) is 9.15. The molecule has 26 heavy (non-hydrogen) atoms. The van der Waals surface area contributed by atoms with Gasteiger partial charge in [0, 0.05) is 34.9 Å². The fourth-order valence-electron chi connectivity index (χ4n) is 4.46. The number of pyridine rings is 1. The van der Waals surface area contributed by atoms with Crippen LogP contribution < -0.4 is 5.73 Å². The fourth-order valence-corrected chi connectivity index (χ4v) is 4.46. The number of hydrogen-bond acceptors (Lipinski definition) is 2. The highest BCUT2D eigenvalue weighted by atomic mass is 16.1. The molecule has 2 N–H and O–H groups in total. The average Bonchev–Trinajstić information content (AvgIpc) is 3.20. The summed E-state index contributed by atoms with van der Waals surface area (Å²) in [6.45, 7) is 4.15. The standard InChI is InChI=1S/C22H23N3O/c1-3-18-21(16-8-6-12-24-13-16)20(22(23)26)14(2)25(18)19-11-10-15-7-4-5-9-17(15)19/h4-9,12-13,19H,3,10-11H2,1-2H3,(H2,23,26). The predicted octanol–water partition coefficient (Wildman–Crippen LogP) is 4.06. The number of hydrogen-bond donors (Lipinski definition) is 1. The fraction of sp³-hybridized carbons (Fsp3) is 0.273. The summed E-state index contributed by atoms with van der Waals surface area (Å²) in [5.74, 6) is -0.374. The predicted molar refractivity (Wildman–Crippen MR) is 103 cm³/mol. The molecule has 1 amide bonds. The first-order valence-corrected chi connectivity index (χ1v) is 9.15. The summed E-state index contributed by atoms with van der Waals surface area (Å²) in [5, 5.41) is 0. The minimum atomic E-state index is -0.374. The van der Waals surface area contributed by atoms with Crippen LogP contribution in [0.15, 0.2) is 48.8 Å². The van der Waals surface area contributed by atoms with Gasteiger partial charge in [-0.05, 0) is 43.4 Å². The number of aromatic nitrogens is 2. The SMILES string of the molecule is CCc1c(-c2cccnc2)c(C(N)=O)c(C)n1C1CCc2ccccc21. The van der Waals surface area contributed by atoms with Crippen LogP contribution in [0.3, 0.4) is 0 Å². The number of amides is 1. The monoisotopic (exact) mass is 345 g/mol. The lowest BCUT2D eigenvalue weighted by Gasteiger charge is -2.20. The van der Waals surface area contributed by atoms with E-state index >= 15 is 0 Å². The molecule has 1 aliphatic rings. The van der Waals surface area contributed by atoms with E-state index in [4.69, 9.17) is 5.73 Å². The summed E-state index contributed by atoms with van der Waals surface area (Å²) in [5.41, 5.74) is 13.2. The van der Waals surface area contributed by atoms with E-state index in [0.29, 0.717) is 5.56 Å². The van der Waals surface area contributed by atoms with Crippen molar-refractivity contribution in [2.75, 3.05) is 0 Å². The van der Waals surface area contributed by atoms with E-state index in [-0.39, 0.29) is 11.9 Å². The van der Waals surface area contributed by atoms with E-state index < -0.39 is 0 Å². The van der Waals surface area contributed by atoms with Gasteiger partial charge in [0.15, 0.2) is 0 Å². The highest BCUT2D eigenvalue weighted by Gasteiger charge is 2.31. The number of rotatable bonds is 4. The minimum Gasteiger partial charge on any atom is -0.366 e. The van der Waals surface area contributed by atoms with Crippen molar-refractivity contribution >= 4 is 5.91 Å². The van der Waals surface area contributed by atoms with Crippen molar-refractivity contribution in [3.05, 3.63) is 76.9 Å².